The number of halogens is 1. The number of carbonyl (C=O) groups excluding carboxylic acids is 1. The van der Waals surface area contributed by atoms with Crippen LogP contribution in [0.25, 0.3) is 5.65 Å². The number of carbonyl (C=O) groups is 1. The zero-order valence-corrected chi connectivity index (χ0v) is 12.1. The van der Waals surface area contributed by atoms with Crippen LogP contribution in [0.3, 0.4) is 0 Å². The van der Waals surface area contributed by atoms with E-state index in [-0.39, 0.29) is 16.6 Å². The molecule has 0 aliphatic rings. The molecule has 3 aromatic heterocycles. The molecule has 0 aliphatic carbocycles. The van der Waals surface area contributed by atoms with Crippen LogP contribution in [-0.2, 0) is 13.1 Å². The molecule has 1 N–H and O–H groups in total. The summed E-state index contributed by atoms with van der Waals surface area (Å²) in [6.45, 7) is 3.10. The fourth-order valence-electron chi connectivity index (χ4n) is 2.05. The van der Waals surface area contributed by atoms with Crippen molar-refractivity contribution in [2.24, 2.45) is 0 Å². The first kappa shape index (κ1) is 13.6. The predicted octanol–water partition coefficient (Wildman–Crippen LogP) is 1.53. The quantitative estimate of drug-likeness (QED) is 0.793. The SMILES string of the molecule is CCn1nccc1CNC(=O)c1nn2cccnc2c1Cl. The highest BCUT2D eigenvalue weighted by atomic mass is 35.5. The number of amides is 1. The molecular formula is C13H13ClN6O. The van der Waals surface area contributed by atoms with Crippen LogP contribution in [0.1, 0.15) is 23.1 Å². The Bertz CT molecular complexity index is 793. The lowest BCUT2D eigenvalue weighted by Gasteiger charge is -2.05. The van der Waals surface area contributed by atoms with Gasteiger partial charge >= 0.3 is 0 Å². The number of hydrogen-bond donors (Lipinski definition) is 1. The lowest BCUT2D eigenvalue weighted by atomic mass is 10.3. The molecule has 8 heteroatoms. The Morgan fingerprint density at radius 3 is 3.05 bits per heavy atom. The Balaban J connectivity index is 1.80. The molecule has 0 bridgehead atoms. The first-order chi connectivity index (χ1) is 10.2. The van der Waals surface area contributed by atoms with Gasteiger partial charge < -0.3 is 5.32 Å². The lowest BCUT2D eigenvalue weighted by molar-refractivity contribution is 0.0944. The summed E-state index contributed by atoms with van der Waals surface area (Å²) >= 11 is 6.15. The molecule has 3 aromatic rings. The van der Waals surface area contributed by atoms with Crippen LogP contribution in [0.2, 0.25) is 5.02 Å². The molecule has 3 rings (SSSR count). The van der Waals surface area contributed by atoms with Gasteiger partial charge in [-0.15, -0.1) is 0 Å². The molecule has 108 valence electrons. The van der Waals surface area contributed by atoms with Crippen molar-refractivity contribution in [3.8, 4) is 0 Å². The summed E-state index contributed by atoms with van der Waals surface area (Å²) in [6.07, 6.45) is 4.99. The molecule has 0 aliphatic heterocycles. The molecule has 0 fully saturated rings. The number of aromatic nitrogens is 5. The average molecular weight is 305 g/mol. The van der Waals surface area contributed by atoms with Crippen molar-refractivity contribution in [2.45, 2.75) is 20.0 Å². The number of nitrogens with zero attached hydrogens (tertiary/aromatic N) is 5. The second-order valence-electron chi connectivity index (χ2n) is 4.37. The third-order valence-electron chi connectivity index (χ3n) is 3.09. The van der Waals surface area contributed by atoms with Gasteiger partial charge in [-0.05, 0) is 19.1 Å². The number of hydrogen-bond acceptors (Lipinski definition) is 4. The van der Waals surface area contributed by atoms with Crippen molar-refractivity contribution in [1.29, 1.82) is 0 Å². The fourth-order valence-corrected chi connectivity index (χ4v) is 2.31. The summed E-state index contributed by atoms with van der Waals surface area (Å²) in [5.41, 5.74) is 1.55. The van der Waals surface area contributed by atoms with Crippen LogP contribution in [0.15, 0.2) is 30.7 Å². The zero-order valence-electron chi connectivity index (χ0n) is 11.3. The normalized spacial score (nSPS) is 11.0. The van der Waals surface area contributed by atoms with Gasteiger partial charge in [-0.25, -0.2) is 9.50 Å². The van der Waals surface area contributed by atoms with Gasteiger partial charge in [0.2, 0.25) is 0 Å². The van der Waals surface area contributed by atoms with Gasteiger partial charge in [-0.2, -0.15) is 10.2 Å². The fraction of sp³-hybridized carbons (Fsp3) is 0.231. The van der Waals surface area contributed by atoms with Crippen molar-refractivity contribution in [1.82, 2.24) is 29.7 Å². The maximum atomic E-state index is 12.2. The largest absolute Gasteiger partial charge is 0.345 e. The monoisotopic (exact) mass is 304 g/mol. The van der Waals surface area contributed by atoms with Crippen molar-refractivity contribution in [2.75, 3.05) is 0 Å². The number of nitrogens with one attached hydrogen (secondary N) is 1. The zero-order chi connectivity index (χ0) is 14.8. The minimum Gasteiger partial charge on any atom is -0.345 e. The molecule has 0 saturated heterocycles. The summed E-state index contributed by atoms with van der Waals surface area (Å²) in [5.74, 6) is -0.339. The highest BCUT2D eigenvalue weighted by Crippen LogP contribution is 2.19. The van der Waals surface area contributed by atoms with Crippen LogP contribution in [0.4, 0.5) is 0 Å². The van der Waals surface area contributed by atoms with Crippen LogP contribution in [-0.4, -0.2) is 30.3 Å². The van der Waals surface area contributed by atoms with Crippen molar-refractivity contribution in [3.63, 3.8) is 0 Å². The Morgan fingerprint density at radius 2 is 2.29 bits per heavy atom. The van der Waals surface area contributed by atoms with Gasteiger partial charge in [0.05, 0.1) is 12.2 Å². The van der Waals surface area contributed by atoms with E-state index in [9.17, 15) is 4.79 Å². The maximum absolute atomic E-state index is 12.2. The summed E-state index contributed by atoms with van der Waals surface area (Å²) in [7, 11) is 0. The van der Waals surface area contributed by atoms with E-state index >= 15 is 0 Å². The Labute approximate surface area is 125 Å². The van der Waals surface area contributed by atoms with E-state index in [0.29, 0.717) is 12.2 Å². The van der Waals surface area contributed by atoms with Crippen LogP contribution in [0, 0.1) is 0 Å². The average Bonchev–Trinajstić information content (AvgIpc) is 3.09. The first-order valence-electron chi connectivity index (χ1n) is 6.48. The Hall–Kier alpha value is -2.41. The second-order valence-corrected chi connectivity index (χ2v) is 4.75. The van der Waals surface area contributed by atoms with Gasteiger partial charge in [0.25, 0.3) is 5.91 Å². The standard InChI is InChI=1S/C13H13ClN6O/c1-2-19-9(4-6-17-19)8-16-13(21)11-10(14)12-15-5-3-7-20(12)18-11/h3-7H,2,8H2,1H3,(H,16,21). The van der Waals surface area contributed by atoms with Gasteiger partial charge in [-0.3, -0.25) is 9.48 Å². The van der Waals surface area contributed by atoms with E-state index in [1.807, 2.05) is 17.7 Å². The second kappa shape index (κ2) is 5.53. The first-order valence-corrected chi connectivity index (χ1v) is 6.86. The molecule has 0 aromatic carbocycles. The van der Waals surface area contributed by atoms with Crippen molar-refractivity contribution < 1.29 is 4.79 Å². The van der Waals surface area contributed by atoms with Gasteiger partial charge in [0, 0.05) is 25.1 Å². The van der Waals surface area contributed by atoms with E-state index in [1.165, 1.54) is 4.52 Å². The molecular weight excluding hydrogens is 292 g/mol. The van der Waals surface area contributed by atoms with Gasteiger partial charge in [0.1, 0.15) is 5.02 Å². The Kier molecular flexibility index (Phi) is 3.57. The lowest BCUT2D eigenvalue weighted by Crippen LogP contribution is -2.25. The van der Waals surface area contributed by atoms with E-state index in [0.717, 1.165) is 12.2 Å². The maximum Gasteiger partial charge on any atom is 0.273 e. The minimum atomic E-state index is -0.339. The summed E-state index contributed by atoms with van der Waals surface area (Å²) in [4.78, 5) is 16.3. The third-order valence-corrected chi connectivity index (χ3v) is 3.44. The highest BCUT2D eigenvalue weighted by molar-refractivity contribution is 6.36. The van der Waals surface area contributed by atoms with Gasteiger partial charge in [-0.1, -0.05) is 11.6 Å². The summed E-state index contributed by atoms with van der Waals surface area (Å²) in [5, 5.41) is 11.3. The third kappa shape index (κ3) is 2.47. The van der Waals surface area contributed by atoms with Crippen LogP contribution >= 0.6 is 11.6 Å². The number of aryl methyl sites for hydroxylation is 1. The Morgan fingerprint density at radius 1 is 1.43 bits per heavy atom. The molecule has 7 nitrogen and oxygen atoms in total. The smallest absolute Gasteiger partial charge is 0.273 e. The molecule has 0 radical (unpaired) electrons. The van der Waals surface area contributed by atoms with Crippen LogP contribution in [0.5, 0.6) is 0 Å². The van der Waals surface area contributed by atoms with E-state index < -0.39 is 0 Å². The molecule has 0 atom stereocenters. The van der Waals surface area contributed by atoms with E-state index in [2.05, 4.69) is 20.5 Å². The molecule has 21 heavy (non-hydrogen) atoms. The summed E-state index contributed by atoms with van der Waals surface area (Å²) < 4.78 is 3.29. The number of rotatable bonds is 4. The van der Waals surface area contributed by atoms with E-state index in [4.69, 9.17) is 11.6 Å². The number of fused-ring (bicyclic) bond motifs is 1. The molecule has 0 unspecified atom stereocenters. The highest BCUT2D eigenvalue weighted by Gasteiger charge is 2.18. The topological polar surface area (TPSA) is 77.1 Å². The molecule has 1 amide bonds. The molecule has 3 heterocycles. The minimum absolute atomic E-state index is 0.165. The van der Waals surface area contributed by atoms with Crippen molar-refractivity contribution >= 4 is 23.2 Å². The summed E-state index contributed by atoms with van der Waals surface area (Å²) in [6, 6.07) is 3.58. The molecule has 0 spiro atoms. The van der Waals surface area contributed by atoms with Crippen LogP contribution < -0.4 is 5.32 Å². The van der Waals surface area contributed by atoms with Crippen molar-refractivity contribution in [3.05, 3.63) is 47.1 Å². The predicted molar refractivity (Wildman–Crippen MR) is 77.1 cm³/mol. The van der Waals surface area contributed by atoms with E-state index in [1.54, 1.807) is 24.7 Å². The van der Waals surface area contributed by atoms with Gasteiger partial charge in [0.15, 0.2) is 11.3 Å². The molecule has 0 saturated carbocycles.